The normalized spacial score (nSPS) is 14.9. The van der Waals surface area contributed by atoms with Crippen LogP contribution in [0.5, 0.6) is 0 Å². The lowest BCUT2D eigenvalue weighted by Gasteiger charge is -2.09. The van der Waals surface area contributed by atoms with E-state index in [4.69, 9.17) is 10.5 Å². The van der Waals surface area contributed by atoms with Gasteiger partial charge in [-0.15, -0.1) is 0 Å². The summed E-state index contributed by atoms with van der Waals surface area (Å²) in [5.74, 6) is 0. The fourth-order valence-corrected chi connectivity index (χ4v) is 2.48. The second-order valence-corrected chi connectivity index (χ2v) is 4.81. The first-order chi connectivity index (χ1) is 9.79. The first-order valence-electron chi connectivity index (χ1n) is 6.83. The molecule has 0 atom stereocenters. The van der Waals surface area contributed by atoms with Crippen LogP contribution in [0, 0.1) is 0 Å². The van der Waals surface area contributed by atoms with Crippen LogP contribution in [0.15, 0.2) is 48.7 Å². The van der Waals surface area contributed by atoms with Gasteiger partial charge in [0.25, 0.3) is 0 Å². The van der Waals surface area contributed by atoms with E-state index < -0.39 is 0 Å². The molecule has 1 heterocycles. The van der Waals surface area contributed by atoms with E-state index in [1.807, 2.05) is 37.5 Å². The van der Waals surface area contributed by atoms with Gasteiger partial charge in [0.1, 0.15) is 0 Å². The minimum atomic E-state index is 0.673. The SMILES string of the molecule is CCOC=C1CNc2c(N)cc(-c3ccccc3)cc21. The van der Waals surface area contributed by atoms with Crippen molar-refractivity contribution in [3.63, 3.8) is 0 Å². The highest BCUT2D eigenvalue weighted by atomic mass is 16.5. The van der Waals surface area contributed by atoms with Crippen molar-refractivity contribution in [1.29, 1.82) is 0 Å². The number of fused-ring (bicyclic) bond motifs is 1. The molecule has 3 heteroatoms. The number of hydrogen-bond donors (Lipinski definition) is 2. The minimum Gasteiger partial charge on any atom is -0.501 e. The zero-order chi connectivity index (χ0) is 13.9. The molecule has 0 unspecified atom stereocenters. The number of nitrogen functional groups attached to an aromatic ring is 1. The van der Waals surface area contributed by atoms with Gasteiger partial charge in [0.15, 0.2) is 0 Å². The smallest absolute Gasteiger partial charge is 0.0885 e. The maximum absolute atomic E-state index is 6.17. The van der Waals surface area contributed by atoms with Gasteiger partial charge in [0.2, 0.25) is 0 Å². The number of benzene rings is 2. The number of hydrogen-bond acceptors (Lipinski definition) is 3. The summed E-state index contributed by atoms with van der Waals surface area (Å²) in [6.07, 6.45) is 1.83. The van der Waals surface area contributed by atoms with E-state index in [2.05, 4.69) is 23.5 Å². The molecule has 3 rings (SSSR count). The molecule has 0 spiro atoms. The molecule has 1 aliphatic heterocycles. The first kappa shape index (κ1) is 12.6. The lowest BCUT2D eigenvalue weighted by atomic mass is 9.99. The second-order valence-electron chi connectivity index (χ2n) is 4.81. The fourth-order valence-electron chi connectivity index (χ4n) is 2.48. The van der Waals surface area contributed by atoms with E-state index in [0.717, 1.165) is 34.6 Å². The molecule has 0 aromatic heterocycles. The molecule has 2 aromatic rings. The Morgan fingerprint density at radius 3 is 2.75 bits per heavy atom. The number of anilines is 2. The van der Waals surface area contributed by atoms with E-state index in [1.54, 1.807) is 0 Å². The van der Waals surface area contributed by atoms with Crippen molar-refractivity contribution < 1.29 is 4.74 Å². The van der Waals surface area contributed by atoms with Gasteiger partial charge in [-0.25, -0.2) is 0 Å². The summed E-state index contributed by atoms with van der Waals surface area (Å²) >= 11 is 0. The van der Waals surface area contributed by atoms with Crippen molar-refractivity contribution in [2.45, 2.75) is 6.92 Å². The maximum Gasteiger partial charge on any atom is 0.0885 e. The standard InChI is InChI=1S/C17H18N2O/c1-2-20-11-14-10-19-17-15(14)8-13(9-16(17)18)12-6-4-3-5-7-12/h3-9,11,19H,2,10,18H2,1H3. The molecule has 0 aliphatic carbocycles. The zero-order valence-corrected chi connectivity index (χ0v) is 11.5. The number of rotatable bonds is 3. The first-order valence-corrected chi connectivity index (χ1v) is 6.83. The molecule has 0 bridgehead atoms. The molecule has 20 heavy (non-hydrogen) atoms. The topological polar surface area (TPSA) is 47.3 Å². The Hall–Kier alpha value is -2.42. The molecular formula is C17H18N2O. The Balaban J connectivity index is 2.07. The molecule has 0 saturated carbocycles. The van der Waals surface area contributed by atoms with Gasteiger partial charge in [-0.05, 0) is 30.2 Å². The third kappa shape index (κ3) is 2.23. The van der Waals surface area contributed by atoms with Crippen LogP contribution in [0.1, 0.15) is 12.5 Å². The molecule has 3 N–H and O–H groups in total. The molecule has 0 saturated heterocycles. The number of ether oxygens (including phenoxy) is 1. The van der Waals surface area contributed by atoms with Crippen molar-refractivity contribution in [2.75, 3.05) is 24.2 Å². The maximum atomic E-state index is 6.17. The third-order valence-electron chi connectivity index (χ3n) is 3.47. The summed E-state index contributed by atoms with van der Waals surface area (Å²) < 4.78 is 5.42. The Morgan fingerprint density at radius 1 is 1.20 bits per heavy atom. The van der Waals surface area contributed by atoms with Gasteiger partial charge in [-0.1, -0.05) is 30.3 Å². The van der Waals surface area contributed by atoms with Crippen molar-refractivity contribution in [3.05, 3.63) is 54.3 Å². The summed E-state index contributed by atoms with van der Waals surface area (Å²) in [7, 11) is 0. The van der Waals surface area contributed by atoms with Crippen LogP contribution in [0.25, 0.3) is 16.7 Å². The summed E-state index contributed by atoms with van der Waals surface area (Å²) in [6.45, 7) is 3.42. The number of nitrogens with two attached hydrogens (primary N) is 1. The molecule has 102 valence electrons. The van der Waals surface area contributed by atoms with Crippen LogP contribution in [-0.2, 0) is 4.74 Å². The van der Waals surface area contributed by atoms with Gasteiger partial charge >= 0.3 is 0 Å². The third-order valence-corrected chi connectivity index (χ3v) is 3.47. The summed E-state index contributed by atoms with van der Waals surface area (Å²) in [5.41, 5.74) is 12.5. The quantitative estimate of drug-likeness (QED) is 0.657. The average Bonchev–Trinajstić information content (AvgIpc) is 2.89. The van der Waals surface area contributed by atoms with Gasteiger partial charge in [-0.2, -0.15) is 0 Å². The van der Waals surface area contributed by atoms with Gasteiger partial charge in [-0.3, -0.25) is 0 Å². The Morgan fingerprint density at radius 2 is 2.00 bits per heavy atom. The predicted octanol–water partition coefficient (Wildman–Crippen LogP) is 3.74. The van der Waals surface area contributed by atoms with Crippen molar-refractivity contribution in [1.82, 2.24) is 0 Å². The Labute approximate surface area is 119 Å². The molecule has 0 amide bonds. The Kier molecular flexibility index (Phi) is 3.33. The van der Waals surface area contributed by atoms with Crippen LogP contribution in [0.2, 0.25) is 0 Å². The zero-order valence-electron chi connectivity index (χ0n) is 11.5. The summed E-state index contributed by atoms with van der Waals surface area (Å²) in [5, 5.41) is 3.33. The highest BCUT2D eigenvalue weighted by Crippen LogP contribution is 2.39. The molecule has 0 radical (unpaired) electrons. The highest BCUT2D eigenvalue weighted by molar-refractivity contribution is 5.93. The largest absolute Gasteiger partial charge is 0.501 e. The van der Waals surface area contributed by atoms with E-state index in [1.165, 1.54) is 5.56 Å². The minimum absolute atomic E-state index is 0.673. The fraction of sp³-hybridized carbons (Fsp3) is 0.176. The van der Waals surface area contributed by atoms with Gasteiger partial charge in [0.05, 0.1) is 24.2 Å². The summed E-state index contributed by atoms with van der Waals surface area (Å²) in [4.78, 5) is 0. The van der Waals surface area contributed by atoms with Crippen molar-refractivity contribution >= 4 is 16.9 Å². The lowest BCUT2D eigenvalue weighted by molar-refractivity contribution is 0.270. The highest BCUT2D eigenvalue weighted by Gasteiger charge is 2.19. The van der Waals surface area contributed by atoms with E-state index in [-0.39, 0.29) is 0 Å². The molecule has 0 fully saturated rings. The summed E-state index contributed by atoms with van der Waals surface area (Å²) in [6, 6.07) is 14.5. The number of nitrogens with one attached hydrogen (secondary N) is 1. The molecular weight excluding hydrogens is 248 g/mol. The van der Waals surface area contributed by atoms with E-state index in [0.29, 0.717) is 6.61 Å². The van der Waals surface area contributed by atoms with Crippen molar-refractivity contribution in [3.8, 4) is 11.1 Å². The Bertz CT molecular complexity index is 648. The van der Waals surface area contributed by atoms with Crippen LogP contribution in [0.4, 0.5) is 11.4 Å². The van der Waals surface area contributed by atoms with Crippen molar-refractivity contribution in [2.24, 2.45) is 0 Å². The van der Waals surface area contributed by atoms with Gasteiger partial charge < -0.3 is 15.8 Å². The predicted molar refractivity (Wildman–Crippen MR) is 84.4 cm³/mol. The van der Waals surface area contributed by atoms with E-state index >= 15 is 0 Å². The lowest BCUT2D eigenvalue weighted by Crippen LogP contribution is -1.96. The van der Waals surface area contributed by atoms with Crippen LogP contribution in [-0.4, -0.2) is 13.2 Å². The monoisotopic (exact) mass is 266 g/mol. The van der Waals surface area contributed by atoms with Crippen LogP contribution >= 0.6 is 0 Å². The average molecular weight is 266 g/mol. The van der Waals surface area contributed by atoms with Crippen LogP contribution < -0.4 is 11.1 Å². The molecule has 1 aliphatic rings. The van der Waals surface area contributed by atoms with Gasteiger partial charge in [0, 0.05) is 17.7 Å². The second kappa shape index (κ2) is 5.29. The van der Waals surface area contributed by atoms with E-state index in [9.17, 15) is 0 Å². The van der Waals surface area contributed by atoms with Crippen LogP contribution in [0.3, 0.4) is 0 Å². The molecule has 3 nitrogen and oxygen atoms in total. The molecule has 2 aromatic carbocycles.